The summed E-state index contributed by atoms with van der Waals surface area (Å²) in [5, 5.41) is 2.45. The number of aryl methyl sites for hydroxylation is 1. The molecule has 0 amide bonds. The monoisotopic (exact) mass is 261 g/mol. The molecular weight excluding hydrogens is 242 g/mol. The first-order valence-electron chi connectivity index (χ1n) is 6.93. The van der Waals surface area contributed by atoms with Crippen molar-refractivity contribution in [2.24, 2.45) is 5.73 Å². The van der Waals surface area contributed by atoms with E-state index in [0.29, 0.717) is 0 Å². The molecule has 1 unspecified atom stereocenters. The van der Waals surface area contributed by atoms with Crippen LogP contribution in [-0.2, 0) is 5.54 Å². The Hall–Kier alpha value is -2.12. The van der Waals surface area contributed by atoms with Gasteiger partial charge in [-0.15, -0.1) is 0 Å². The zero-order valence-electron chi connectivity index (χ0n) is 11.9. The van der Waals surface area contributed by atoms with Crippen LogP contribution in [0.4, 0.5) is 0 Å². The Morgan fingerprint density at radius 1 is 0.800 bits per heavy atom. The van der Waals surface area contributed by atoms with E-state index in [9.17, 15) is 0 Å². The molecule has 0 aromatic heterocycles. The minimum Gasteiger partial charge on any atom is -0.318 e. The summed E-state index contributed by atoms with van der Waals surface area (Å²) < 4.78 is 0. The van der Waals surface area contributed by atoms with Crippen molar-refractivity contribution in [3.8, 4) is 0 Å². The Kier molecular flexibility index (Phi) is 3.07. The standard InChI is InChI=1S/C19H19N/c1-14-10-12-16(13-11-14)19(2,20)18-9-5-7-15-6-3-4-8-17(15)18/h3-13H,20H2,1-2H3. The van der Waals surface area contributed by atoms with Gasteiger partial charge >= 0.3 is 0 Å². The Balaban J connectivity index is 2.20. The molecule has 0 saturated heterocycles. The molecule has 0 saturated carbocycles. The summed E-state index contributed by atoms with van der Waals surface area (Å²) in [5.41, 5.74) is 9.74. The zero-order valence-corrected chi connectivity index (χ0v) is 11.9. The molecule has 0 aliphatic rings. The lowest BCUT2D eigenvalue weighted by atomic mass is 9.83. The van der Waals surface area contributed by atoms with Gasteiger partial charge in [0.05, 0.1) is 5.54 Å². The molecular formula is C19H19N. The van der Waals surface area contributed by atoms with E-state index in [1.807, 2.05) is 0 Å². The van der Waals surface area contributed by atoms with Gasteiger partial charge in [-0.2, -0.15) is 0 Å². The summed E-state index contributed by atoms with van der Waals surface area (Å²) in [6.45, 7) is 4.18. The van der Waals surface area contributed by atoms with Crippen LogP contribution in [-0.4, -0.2) is 0 Å². The van der Waals surface area contributed by atoms with Crippen LogP contribution in [0.15, 0.2) is 66.7 Å². The maximum absolute atomic E-state index is 6.68. The molecule has 1 heteroatoms. The van der Waals surface area contributed by atoms with Gasteiger partial charge in [-0.1, -0.05) is 72.3 Å². The van der Waals surface area contributed by atoms with Crippen molar-refractivity contribution in [1.82, 2.24) is 0 Å². The van der Waals surface area contributed by atoms with E-state index in [2.05, 4.69) is 80.6 Å². The molecule has 0 fully saturated rings. The molecule has 0 aliphatic carbocycles. The third kappa shape index (κ3) is 2.10. The average molecular weight is 261 g/mol. The number of nitrogens with two attached hydrogens (primary N) is 1. The largest absolute Gasteiger partial charge is 0.318 e. The van der Waals surface area contributed by atoms with Crippen LogP contribution in [0.3, 0.4) is 0 Å². The Bertz CT molecular complexity index is 734. The van der Waals surface area contributed by atoms with Crippen molar-refractivity contribution in [3.05, 3.63) is 83.4 Å². The molecule has 3 aromatic carbocycles. The lowest BCUT2D eigenvalue weighted by molar-refractivity contribution is 0.608. The topological polar surface area (TPSA) is 26.0 Å². The smallest absolute Gasteiger partial charge is 0.0642 e. The zero-order chi connectivity index (χ0) is 14.2. The Labute approximate surface area is 120 Å². The second-order valence-corrected chi connectivity index (χ2v) is 5.60. The van der Waals surface area contributed by atoms with Gasteiger partial charge in [0, 0.05) is 0 Å². The van der Waals surface area contributed by atoms with Gasteiger partial charge in [0.1, 0.15) is 0 Å². The molecule has 100 valence electrons. The maximum Gasteiger partial charge on any atom is 0.0642 e. The predicted octanol–water partition coefficient (Wildman–Crippen LogP) is 4.37. The van der Waals surface area contributed by atoms with Gasteiger partial charge in [0.15, 0.2) is 0 Å². The fourth-order valence-electron chi connectivity index (χ4n) is 2.73. The molecule has 20 heavy (non-hydrogen) atoms. The summed E-state index contributed by atoms with van der Waals surface area (Å²) in [5.74, 6) is 0. The maximum atomic E-state index is 6.68. The molecule has 0 aliphatic heterocycles. The highest BCUT2D eigenvalue weighted by atomic mass is 14.7. The van der Waals surface area contributed by atoms with Gasteiger partial charge in [0.25, 0.3) is 0 Å². The van der Waals surface area contributed by atoms with Gasteiger partial charge in [-0.05, 0) is 35.7 Å². The van der Waals surface area contributed by atoms with E-state index >= 15 is 0 Å². The third-order valence-corrected chi connectivity index (χ3v) is 4.00. The van der Waals surface area contributed by atoms with E-state index in [4.69, 9.17) is 5.73 Å². The van der Waals surface area contributed by atoms with Gasteiger partial charge in [0.2, 0.25) is 0 Å². The van der Waals surface area contributed by atoms with E-state index in [0.717, 1.165) is 5.56 Å². The number of rotatable bonds is 2. The average Bonchev–Trinajstić information content (AvgIpc) is 2.47. The van der Waals surface area contributed by atoms with Crippen LogP contribution in [0, 0.1) is 6.92 Å². The third-order valence-electron chi connectivity index (χ3n) is 4.00. The molecule has 3 aromatic rings. The molecule has 3 rings (SSSR count). The summed E-state index contributed by atoms with van der Waals surface area (Å²) >= 11 is 0. The number of fused-ring (bicyclic) bond motifs is 1. The summed E-state index contributed by atoms with van der Waals surface area (Å²) in [6, 6.07) is 23.2. The minimum atomic E-state index is -0.492. The summed E-state index contributed by atoms with van der Waals surface area (Å²) in [4.78, 5) is 0. The number of benzene rings is 3. The molecule has 2 N–H and O–H groups in total. The second kappa shape index (κ2) is 4.77. The molecule has 0 bridgehead atoms. The fourth-order valence-corrected chi connectivity index (χ4v) is 2.73. The van der Waals surface area contributed by atoms with Crippen molar-refractivity contribution >= 4 is 10.8 Å². The highest BCUT2D eigenvalue weighted by Gasteiger charge is 2.25. The SMILES string of the molecule is Cc1ccc(C(C)(N)c2cccc3ccccc23)cc1. The van der Waals surface area contributed by atoms with E-state index in [-0.39, 0.29) is 0 Å². The highest BCUT2D eigenvalue weighted by molar-refractivity contribution is 5.87. The Morgan fingerprint density at radius 2 is 1.45 bits per heavy atom. The predicted molar refractivity (Wildman–Crippen MR) is 85.8 cm³/mol. The quantitative estimate of drug-likeness (QED) is 0.728. The normalized spacial score (nSPS) is 14.2. The van der Waals surface area contributed by atoms with Gasteiger partial charge in [-0.25, -0.2) is 0 Å². The van der Waals surface area contributed by atoms with Crippen molar-refractivity contribution in [2.45, 2.75) is 19.4 Å². The van der Waals surface area contributed by atoms with Gasteiger partial charge < -0.3 is 5.73 Å². The summed E-state index contributed by atoms with van der Waals surface area (Å²) in [6.07, 6.45) is 0. The lowest BCUT2D eigenvalue weighted by Crippen LogP contribution is -2.34. The van der Waals surface area contributed by atoms with E-state index < -0.39 is 5.54 Å². The van der Waals surface area contributed by atoms with Crippen molar-refractivity contribution in [2.75, 3.05) is 0 Å². The van der Waals surface area contributed by atoms with Crippen LogP contribution in [0.5, 0.6) is 0 Å². The van der Waals surface area contributed by atoms with Crippen LogP contribution in [0.25, 0.3) is 10.8 Å². The minimum absolute atomic E-state index is 0.492. The van der Waals surface area contributed by atoms with Crippen molar-refractivity contribution in [3.63, 3.8) is 0 Å². The van der Waals surface area contributed by atoms with Crippen LogP contribution in [0.2, 0.25) is 0 Å². The molecule has 0 spiro atoms. The first-order chi connectivity index (χ1) is 9.59. The molecule has 0 radical (unpaired) electrons. The molecule has 0 heterocycles. The van der Waals surface area contributed by atoms with Crippen molar-refractivity contribution in [1.29, 1.82) is 0 Å². The summed E-state index contributed by atoms with van der Waals surface area (Å²) in [7, 11) is 0. The van der Waals surface area contributed by atoms with Crippen LogP contribution >= 0.6 is 0 Å². The first-order valence-corrected chi connectivity index (χ1v) is 6.93. The highest BCUT2D eigenvalue weighted by Crippen LogP contribution is 2.32. The first kappa shape index (κ1) is 12.9. The lowest BCUT2D eigenvalue weighted by Gasteiger charge is -2.27. The fraction of sp³-hybridized carbons (Fsp3) is 0.158. The van der Waals surface area contributed by atoms with Crippen LogP contribution in [0.1, 0.15) is 23.6 Å². The second-order valence-electron chi connectivity index (χ2n) is 5.60. The van der Waals surface area contributed by atoms with E-state index in [1.54, 1.807) is 0 Å². The van der Waals surface area contributed by atoms with Crippen molar-refractivity contribution < 1.29 is 0 Å². The van der Waals surface area contributed by atoms with Crippen LogP contribution < -0.4 is 5.73 Å². The van der Waals surface area contributed by atoms with E-state index in [1.165, 1.54) is 21.9 Å². The molecule has 1 atom stereocenters. The number of hydrogen-bond donors (Lipinski definition) is 1. The number of hydrogen-bond acceptors (Lipinski definition) is 1. The Morgan fingerprint density at radius 3 is 2.20 bits per heavy atom. The van der Waals surface area contributed by atoms with Gasteiger partial charge in [-0.3, -0.25) is 0 Å². The molecule has 1 nitrogen and oxygen atoms in total.